The third-order valence-electron chi connectivity index (χ3n) is 3.63. The highest BCUT2D eigenvalue weighted by molar-refractivity contribution is 5.52. The minimum atomic E-state index is 0.903. The van der Waals surface area contributed by atoms with Gasteiger partial charge in [-0.2, -0.15) is 5.10 Å². The second-order valence-corrected chi connectivity index (χ2v) is 5.32. The number of nitrogens with zero attached hydrogens (tertiary/aromatic N) is 5. The zero-order chi connectivity index (χ0) is 14.8. The summed E-state index contributed by atoms with van der Waals surface area (Å²) >= 11 is 0. The van der Waals surface area contributed by atoms with E-state index in [0.29, 0.717) is 0 Å². The molecule has 0 unspecified atom stereocenters. The van der Waals surface area contributed by atoms with Gasteiger partial charge in [-0.15, -0.1) is 0 Å². The fourth-order valence-corrected chi connectivity index (χ4v) is 2.58. The van der Waals surface area contributed by atoms with Crippen LogP contribution in [0.3, 0.4) is 0 Å². The average molecular weight is 284 g/mol. The van der Waals surface area contributed by atoms with Crippen molar-refractivity contribution >= 4 is 0 Å². The van der Waals surface area contributed by atoms with Crippen LogP contribution >= 0.6 is 0 Å². The maximum atomic E-state index is 4.49. The van der Waals surface area contributed by atoms with E-state index in [2.05, 4.69) is 42.3 Å². The molecule has 1 N–H and O–H groups in total. The fourth-order valence-electron chi connectivity index (χ4n) is 2.58. The van der Waals surface area contributed by atoms with E-state index in [1.807, 2.05) is 26.2 Å². The highest BCUT2D eigenvalue weighted by atomic mass is 15.3. The number of nitrogens with one attached hydrogen (secondary N) is 1. The molecule has 0 aliphatic heterocycles. The molecule has 0 aromatic carbocycles. The smallest absolute Gasteiger partial charge is 0.160 e. The van der Waals surface area contributed by atoms with Crippen molar-refractivity contribution in [1.29, 1.82) is 0 Å². The van der Waals surface area contributed by atoms with Gasteiger partial charge in [0.1, 0.15) is 5.69 Å². The third-order valence-corrected chi connectivity index (χ3v) is 3.63. The summed E-state index contributed by atoms with van der Waals surface area (Å²) in [6.07, 6.45) is 6.55. The maximum absolute atomic E-state index is 4.49. The van der Waals surface area contributed by atoms with Gasteiger partial charge in [0.25, 0.3) is 0 Å². The number of aromatic nitrogens is 6. The molecule has 6 heteroatoms. The van der Waals surface area contributed by atoms with Crippen molar-refractivity contribution in [3.63, 3.8) is 0 Å². The first-order valence-electron chi connectivity index (χ1n) is 7.17. The van der Waals surface area contributed by atoms with Crippen LogP contribution in [0.5, 0.6) is 0 Å². The highest BCUT2D eigenvalue weighted by Gasteiger charge is 2.11. The summed E-state index contributed by atoms with van der Waals surface area (Å²) in [5, 5.41) is 4.49. The Morgan fingerprint density at radius 1 is 1.14 bits per heavy atom. The molecule has 6 nitrogen and oxygen atoms in total. The Kier molecular flexibility index (Phi) is 3.60. The molecule has 0 atom stereocenters. The molecule has 0 fully saturated rings. The van der Waals surface area contributed by atoms with Crippen molar-refractivity contribution in [1.82, 2.24) is 29.3 Å². The van der Waals surface area contributed by atoms with Gasteiger partial charge in [-0.1, -0.05) is 0 Å². The molecule has 21 heavy (non-hydrogen) atoms. The molecule has 0 saturated carbocycles. The predicted molar refractivity (Wildman–Crippen MR) is 80.9 cm³/mol. The van der Waals surface area contributed by atoms with Gasteiger partial charge >= 0.3 is 0 Å². The number of H-pyrrole nitrogens is 1. The van der Waals surface area contributed by atoms with Crippen LogP contribution < -0.4 is 0 Å². The van der Waals surface area contributed by atoms with Crippen LogP contribution in [0.1, 0.15) is 23.5 Å². The summed E-state index contributed by atoms with van der Waals surface area (Å²) in [5.41, 5.74) is 4.25. The topological polar surface area (TPSA) is 64.3 Å². The van der Waals surface area contributed by atoms with Crippen LogP contribution in [-0.4, -0.2) is 29.3 Å². The standard InChI is InChI=1S/C15H20N6/c1-11-9-12(2)21(19-11)7-4-6-20-8-5-16-15(20)14-13(3)17-10-18-14/h5,8-10H,4,6-7H2,1-3H3,(H,17,18). The zero-order valence-electron chi connectivity index (χ0n) is 12.7. The summed E-state index contributed by atoms with van der Waals surface area (Å²) in [5.74, 6) is 0.919. The summed E-state index contributed by atoms with van der Waals surface area (Å²) in [7, 11) is 0. The molecule has 110 valence electrons. The van der Waals surface area contributed by atoms with Gasteiger partial charge in [0.15, 0.2) is 5.82 Å². The second-order valence-electron chi connectivity index (χ2n) is 5.32. The number of aromatic amines is 1. The van der Waals surface area contributed by atoms with Gasteiger partial charge in [0.05, 0.1) is 12.0 Å². The van der Waals surface area contributed by atoms with Crippen molar-refractivity contribution in [3.05, 3.63) is 41.9 Å². The van der Waals surface area contributed by atoms with Gasteiger partial charge in [0, 0.05) is 36.9 Å². The Morgan fingerprint density at radius 3 is 2.67 bits per heavy atom. The lowest BCUT2D eigenvalue weighted by Crippen LogP contribution is -2.07. The van der Waals surface area contributed by atoms with Gasteiger partial charge in [-0.05, 0) is 33.3 Å². The van der Waals surface area contributed by atoms with Crippen LogP contribution in [-0.2, 0) is 13.1 Å². The molecule has 0 aliphatic carbocycles. The average Bonchev–Trinajstić information content (AvgIpc) is 3.12. The number of rotatable bonds is 5. The molecule has 0 spiro atoms. The molecular formula is C15H20N6. The second kappa shape index (κ2) is 5.55. The third kappa shape index (κ3) is 2.74. The van der Waals surface area contributed by atoms with E-state index in [0.717, 1.165) is 42.4 Å². The first-order chi connectivity index (χ1) is 10.1. The first-order valence-corrected chi connectivity index (χ1v) is 7.17. The molecule has 0 bridgehead atoms. The van der Waals surface area contributed by atoms with Gasteiger partial charge in [0.2, 0.25) is 0 Å². The van der Waals surface area contributed by atoms with Crippen molar-refractivity contribution in [3.8, 4) is 11.5 Å². The normalized spacial score (nSPS) is 11.2. The molecule has 3 rings (SSSR count). The summed E-state index contributed by atoms with van der Waals surface area (Å²) in [4.78, 5) is 11.9. The fraction of sp³-hybridized carbons (Fsp3) is 0.400. The maximum Gasteiger partial charge on any atom is 0.160 e. The van der Waals surface area contributed by atoms with E-state index in [1.165, 1.54) is 5.69 Å². The minimum absolute atomic E-state index is 0.903. The van der Waals surface area contributed by atoms with Crippen molar-refractivity contribution in [2.75, 3.05) is 0 Å². The van der Waals surface area contributed by atoms with Crippen molar-refractivity contribution < 1.29 is 0 Å². The van der Waals surface area contributed by atoms with Crippen LogP contribution in [0.25, 0.3) is 11.5 Å². The van der Waals surface area contributed by atoms with E-state index in [9.17, 15) is 0 Å². The van der Waals surface area contributed by atoms with E-state index in [1.54, 1.807) is 6.33 Å². The quantitative estimate of drug-likeness (QED) is 0.783. The number of hydrogen-bond acceptors (Lipinski definition) is 3. The molecule has 0 aliphatic rings. The van der Waals surface area contributed by atoms with Gasteiger partial charge in [-0.25, -0.2) is 9.97 Å². The molecule has 3 aromatic heterocycles. The van der Waals surface area contributed by atoms with Crippen LogP contribution in [0.2, 0.25) is 0 Å². The zero-order valence-corrected chi connectivity index (χ0v) is 12.7. The van der Waals surface area contributed by atoms with Gasteiger partial charge in [-0.3, -0.25) is 4.68 Å². The van der Waals surface area contributed by atoms with E-state index >= 15 is 0 Å². The molecule has 0 amide bonds. The number of imidazole rings is 2. The lowest BCUT2D eigenvalue weighted by Gasteiger charge is -2.08. The summed E-state index contributed by atoms with van der Waals surface area (Å²) < 4.78 is 4.21. The Labute approximate surface area is 123 Å². The molecule has 0 saturated heterocycles. The predicted octanol–water partition coefficient (Wildman–Crippen LogP) is 2.49. The molecular weight excluding hydrogens is 264 g/mol. The van der Waals surface area contributed by atoms with Crippen LogP contribution in [0, 0.1) is 20.8 Å². The van der Waals surface area contributed by atoms with E-state index in [-0.39, 0.29) is 0 Å². The first kappa shape index (κ1) is 13.6. The summed E-state index contributed by atoms with van der Waals surface area (Å²) in [6.45, 7) is 7.95. The Hall–Kier alpha value is -2.37. The SMILES string of the molecule is Cc1cc(C)n(CCCn2ccnc2-c2nc[nH]c2C)n1. The molecule has 0 radical (unpaired) electrons. The molecule has 3 aromatic rings. The Bertz CT molecular complexity index is 733. The number of hydrogen-bond donors (Lipinski definition) is 1. The van der Waals surface area contributed by atoms with Crippen LogP contribution in [0.4, 0.5) is 0 Å². The highest BCUT2D eigenvalue weighted by Crippen LogP contribution is 2.18. The van der Waals surface area contributed by atoms with Gasteiger partial charge < -0.3 is 9.55 Å². The van der Waals surface area contributed by atoms with E-state index < -0.39 is 0 Å². The number of aryl methyl sites for hydroxylation is 5. The lowest BCUT2D eigenvalue weighted by atomic mass is 10.3. The monoisotopic (exact) mass is 284 g/mol. The lowest BCUT2D eigenvalue weighted by molar-refractivity contribution is 0.518. The van der Waals surface area contributed by atoms with Crippen molar-refractivity contribution in [2.24, 2.45) is 0 Å². The molecule has 3 heterocycles. The largest absolute Gasteiger partial charge is 0.348 e. The Balaban J connectivity index is 1.68. The Morgan fingerprint density at radius 2 is 2.00 bits per heavy atom. The van der Waals surface area contributed by atoms with Crippen molar-refractivity contribution in [2.45, 2.75) is 40.3 Å². The summed E-state index contributed by atoms with van der Waals surface area (Å²) in [6, 6.07) is 2.11. The van der Waals surface area contributed by atoms with E-state index in [4.69, 9.17) is 0 Å². The minimum Gasteiger partial charge on any atom is -0.348 e. The van der Waals surface area contributed by atoms with Crippen LogP contribution in [0.15, 0.2) is 24.8 Å².